The number of unbranched alkanes of at least 4 members (excludes halogenated alkanes) is 48. The SMILES string of the molecule is CCCCCCCCCCCCCCCCCCCCCCCC#CCCCc1ccccc1/N=C(CCCC)\C(CCCCCC)=N\c1ccccc1CCCC#CCCCCCCCCCCCCCCCCCCCCCCC.[Ni]. The molecular weight excluding hydrogens is 1050 g/mol. The van der Waals surface area contributed by atoms with Crippen LogP contribution in [0.25, 0.3) is 0 Å². The Kier molecular flexibility index (Phi) is 60.3. The van der Waals surface area contributed by atoms with Crippen LogP contribution in [-0.4, -0.2) is 11.4 Å². The maximum atomic E-state index is 5.55. The molecule has 0 aliphatic rings. The summed E-state index contributed by atoms with van der Waals surface area (Å²) >= 11 is 0. The molecule has 3 heteroatoms. The van der Waals surface area contributed by atoms with Crippen molar-refractivity contribution in [1.82, 2.24) is 0 Å². The minimum Gasteiger partial charge on any atom is -0.251 e. The monoisotopic (exact) mass is 1180 g/mol. The van der Waals surface area contributed by atoms with E-state index in [-0.39, 0.29) is 16.5 Å². The summed E-state index contributed by atoms with van der Waals surface area (Å²) in [5.41, 5.74) is 7.33. The van der Waals surface area contributed by atoms with Crippen LogP contribution in [0.4, 0.5) is 11.4 Å². The molecule has 0 spiro atoms. The van der Waals surface area contributed by atoms with Crippen molar-refractivity contribution in [2.24, 2.45) is 9.98 Å². The number of aryl methyl sites for hydroxylation is 2. The van der Waals surface area contributed by atoms with Crippen LogP contribution in [-0.2, 0) is 29.3 Å². The van der Waals surface area contributed by atoms with Gasteiger partial charge in [-0.1, -0.05) is 347 Å². The van der Waals surface area contributed by atoms with E-state index in [1.165, 1.54) is 311 Å². The summed E-state index contributed by atoms with van der Waals surface area (Å²) in [7, 11) is 0. The van der Waals surface area contributed by atoms with Crippen molar-refractivity contribution >= 4 is 22.8 Å². The first-order valence-corrected chi connectivity index (χ1v) is 37.0. The predicted octanol–water partition coefficient (Wildman–Crippen LogP) is 27.5. The Labute approximate surface area is 529 Å². The van der Waals surface area contributed by atoms with Gasteiger partial charge >= 0.3 is 0 Å². The first-order chi connectivity index (χ1) is 40.7. The van der Waals surface area contributed by atoms with E-state index in [9.17, 15) is 0 Å². The average molecular weight is 1180 g/mol. The quantitative estimate of drug-likeness (QED) is 0.0273. The maximum absolute atomic E-state index is 5.55. The Morgan fingerprint density at radius 2 is 0.470 bits per heavy atom. The van der Waals surface area contributed by atoms with Crippen LogP contribution in [0, 0.1) is 23.7 Å². The number of hydrogen-bond donors (Lipinski definition) is 0. The van der Waals surface area contributed by atoms with Gasteiger partial charge in [-0.2, -0.15) is 0 Å². The maximum Gasteiger partial charge on any atom is 0.0665 e. The van der Waals surface area contributed by atoms with Crippen LogP contribution in [0.1, 0.15) is 398 Å². The Morgan fingerprint density at radius 1 is 0.253 bits per heavy atom. The number of para-hydroxylation sites is 2. The fourth-order valence-electron chi connectivity index (χ4n) is 11.9. The molecule has 2 nitrogen and oxygen atoms in total. The van der Waals surface area contributed by atoms with E-state index >= 15 is 0 Å². The molecule has 0 saturated heterocycles. The molecular formula is C80H136N2Ni. The standard InChI is InChI=1S/C80H136N2.Ni/c1-5-9-13-16-18-20-22-24-26-28-30-32-34-36-38-40-42-44-46-48-50-52-54-56-58-60-67-75-69-63-65-72-77(75)81-79(71-12-8-4)80(74-62-15-11-7-3)82-78-73-66-64-70-76(78)68-61-59-57-55-53-51-49-47-45-43-41-39-37-35-33-31-29-27-25-23-21-19-17-14-10-6-2;/h63-66,69-70,72-73H,5-53,58-62,67-68,71,74H2,1-4H3;/b81-79-,82-80+;. The zero-order valence-corrected chi connectivity index (χ0v) is 56.8. The van der Waals surface area contributed by atoms with E-state index in [0.29, 0.717) is 0 Å². The molecule has 0 radical (unpaired) electrons. The number of rotatable bonds is 59. The number of benzene rings is 2. The first kappa shape index (κ1) is 78.4. The molecule has 0 saturated carbocycles. The molecule has 0 N–H and O–H groups in total. The molecule has 2 aromatic carbocycles. The third-order valence-electron chi connectivity index (χ3n) is 17.4. The van der Waals surface area contributed by atoms with Gasteiger partial charge in [-0.05, 0) is 87.5 Å². The van der Waals surface area contributed by atoms with Gasteiger partial charge in [0.05, 0.1) is 22.8 Å². The topological polar surface area (TPSA) is 24.7 Å². The smallest absolute Gasteiger partial charge is 0.0665 e. The average Bonchev–Trinajstić information content (AvgIpc) is 3.53. The molecule has 476 valence electrons. The van der Waals surface area contributed by atoms with Crippen LogP contribution < -0.4 is 0 Å². The normalized spacial score (nSPS) is 11.6. The van der Waals surface area contributed by atoms with Gasteiger partial charge in [-0.3, -0.25) is 9.98 Å². The Morgan fingerprint density at radius 3 is 0.747 bits per heavy atom. The van der Waals surface area contributed by atoms with Crippen molar-refractivity contribution in [2.75, 3.05) is 0 Å². The van der Waals surface area contributed by atoms with Gasteiger partial charge in [-0.15, -0.1) is 23.7 Å². The molecule has 2 aromatic rings. The summed E-state index contributed by atoms with van der Waals surface area (Å²) in [5.74, 6) is 14.1. The summed E-state index contributed by atoms with van der Waals surface area (Å²) in [5, 5.41) is 0. The van der Waals surface area contributed by atoms with E-state index < -0.39 is 0 Å². The summed E-state index contributed by atoms with van der Waals surface area (Å²) in [6, 6.07) is 17.8. The third kappa shape index (κ3) is 50.1. The van der Waals surface area contributed by atoms with E-state index in [0.717, 1.165) is 94.8 Å². The van der Waals surface area contributed by atoms with Crippen LogP contribution in [0.2, 0.25) is 0 Å². The Hall–Kier alpha value is -2.61. The van der Waals surface area contributed by atoms with Gasteiger partial charge in [0.2, 0.25) is 0 Å². The summed E-state index contributed by atoms with van der Waals surface area (Å²) in [6.07, 6.45) is 77.5. The second-order valence-corrected chi connectivity index (χ2v) is 25.3. The fourth-order valence-corrected chi connectivity index (χ4v) is 11.9. The van der Waals surface area contributed by atoms with E-state index in [1.807, 2.05) is 0 Å². The number of nitrogens with zero attached hydrogens (tertiary/aromatic N) is 2. The molecule has 2 rings (SSSR count). The van der Waals surface area contributed by atoms with Crippen molar-refractivity contribution in [3.63, 3.8) is 0 Å². The minimum absolute atomic E-state index is 0. The minimum atomic E-state index is 0. The molecule has 0 aliphatic heterocycles. The van der Waals surface area contributed by atoms with Crippen molar-refractivity contribution in [3.05, 3.63) is 59.7 Å². The summed E-state index contributed by atoms with van der Waals surface area (Å²) in [6.45, 7) is 9.22. The second-order valence-electron chi connectivity index (χ2n) is 25.3. The molecule has 0 fully saturated rings. The van der Waals surface area contributed by atoms with Gasteiger partial charge in [0, 0.05) is 42.2 Å². The summed E-state index contributed by atoms with van der Waals surface area (Å²) < 4.78 is 0. The molecule has 0 aromatic heterocycles. The van der Waals surface area contributed by atoms with Gasteiger partial charge < -0.3 is 0 Å². The van der Waals surface area contributed by atoms with E-state index in [4.69, 9.17) is 9.98 Å². The van der Waals surface area contributed by atoms with E-state index in [1.54, 1.807) is 0 Å². The fraction of sp³-hybridized carbons (Fsp3) is 0.775. The van der Waals surface area contributed by atoms with Crippen LogP contribution in [0.5, 0.6) is 0 Å². The zero-order chi connectivity index (χ0) is 58.4. The van der Waals surface area contributed by atoms with Crippen LogP contribution >= 0.6 is 0 Å². The first-order valence-electron chi connectivity index (χ1n) is 37.0. The van der Waals surface area contributed by atoms with Gasteiger partial charge in [-0.25, -0.2) is 0 Å². The third-order valence-corrected chi connectivity index (χ3v) is 17.4. The Balaban J connectivity index is 0.0000344. The molecule has 83 heavy (non-hydrogen) atoms. The molecule has 0 heterocycles. The van der Waals surface area contributed by atoms with E-state index in [2.05, 4.69) is 99.9 Å². The number of hydrogen-bond acceptors (Lipinski definition) is 2. The van der Waals surface area contributed by atoms with Crippen molar-refractivity contribution in [2.45, 2.75) is 400 Å². The summed E-state index contributed by atoms with van der Waals surface area (Å²) in [4.78, 5) is 11.1. The van der Waals surface area contributed by atoms with Crippen molar-refractivity contribution in [1.29, 1.82) is 0 Å². The predicted molar refractivity (Wildman–Crippen MR) is 371 cm³/mol. The largest absolute Gasteiger partial charge is 0.251 e. The molecule has 0 atom stereocenters. The molecule has 0 unspecified atom stereocenters. The van der Waals surface area contributed by atoms with Gasteiger partial charge in [0.25, 0.3) is 0 Å². The van der Waals surface area contributed by atoms with Gasteiger partial charge in [0.1, 0.15) is 0 Å². The van der Waals surface area contributed by atoms with Crippen LogP contribution in [0.15, 0.2) is 58.5 Å². The Bertz CT molecular complexity index is 1870. The molecule has 0 aliphatic carbocycles. The second kappa shape index (κ2) is 63.9. The molecule has 0 amide bonds. The van der Waals surface area contributed by atoms with Crippen molar-refractivity contribution < 1.29 is 16.5 Å². The van der Waals surface area contributed by atoms with Crippen molar-refractivity contribution in [3.8, 4) is 23.7 Å². The number of aliphatic imine (C=N–C) groups is 2. The molecule has 0 bridgehead atoms. The van der Waals surface area contributed by atoms with Gasteiger partial charge in [0.15, 0.2) is 0 Å². The van der Waals surface area contributed by atoms with Crippen LogP contribution in [0.3, 0.4) is 0 Å². The zero-order valence-electron chi connectivity index (χ0n) is 55.8.